The van der Waals surface area contributed by atoms with Crippen LogP contribution in [0.1, 0.15) is 30.3 Å². The Kier molecular flexibility index (Phi) is 5.21. The van der Waals surface area contributed by atoms with Gasteiger partial charge in [0.15, 0.2) is 0 Å². The topological polar surface area (TPSA) is 58.1 Å². The summed E-state index contributed by atoms with van der Waals surface area (Å²) in [4.78, 5) is 22.8. The first-order chi connectivity index (χ1) is 11.5. The fourth-order valence-electron chi connectivity index (χ4n) is 2.77. The highest BCUT2D eigenvalue weighted by Gasteiger charge is 2.23. The zero-order valence-electron chi connectivity index (χ0n) is 13.3. The molecule has 0 aliphatic carbocycles. The van der Waals surface area contributed by atoms with Gasteiger partial charge in [0.25, 0.3) is 5.91 Å². The molecule has 3 rings (SSSR count). The summed E-state index contributed by atoms with van der Waals surface area (Å²) in [6, 6.07) is 5.12. The number of piperidine rings is 1. The van der Waals surface area contributed by atoms with E-state index in [9.17, 15) is 4.79 Å². The molecular formula is C17H18Cl2N4O. The second kappa shape index (κ2) is 7.36. The second-order valence-corrected chi connectivity index (χ2v) is 6.88. The van der Waals surface area contributed by atoms with E-state index in [0.29, 0.717) is 33.2 Å². The van der Waals surface area contributed by atoms with Gasteiger partial charge in [0.05, 0.1) is 23.1 Å². The van der Waals surface area contributed by atoms with Crippen molar-refractivity contribution in [2.24, 2.45) is 5.92 Å². The third kappa shape index (κ3) is 3.97. The van der Waals surface area contributed by atoms with Crippen LogP contribution in [0.3, 0.4) is 0 Å². The largest absolute Gasteiger partial charge is 0.338 e. The number of amides is 1. The van der Waals surface area contributed by atoms with Crippen LogP contribution < -0.4 is 5.32 Å². The van der Waals surface area contributed by atoms with Gasteiger partial charge in [-0.05, 0) is 37.0 Å². The molecule has 0 bridgehead atoms. The van der Waals surface area contributed by atoms with Crippen LogP contribution in [0.4, 0.5) is 11.5 Å². The van der Waals surface area contributed by atoms with E-state index in [1.54, 1.807) is 18.2 Å². The van der Waals surface area contributed by atoms with Gasteiger partial charge in [-0.1, -0.05) is 30.1 Å². The summed E-state index contributed by atoms with van der Waals surface area (Å²) >= 11 is 12.1. The van der Waals surface area contributed by atoms with E-state index in [1.165, 1.54) is 18.8 Å². The maximum absolute atomic E-state index is 12.5. The number of likely N-dealkylation sites (tertiary alicyclic amines) is 1. The number of nitrogens with zero attached hydrogens (tertiary/aromatic N) is 3. The van der Waals surface area contributed by atoms with Crippen molar-refractivity contribution in [3.63, 3.8) is 0 Å². The molecule has 24 heavy (non-hydrogen) atoms. The Hall–Kier alpha value is -1.85. The lowest BCUT2D eigenvalue weighted by Gasteiger charge is -2.30. The van der Waals surface area contributed by atoms with Crippen molar-refractivity contribution in [3.8, 4) is 0 Å². The zero-order valence-corrected chi connectivity index (χ0v) is 14.8. The number of nitrogens with one attached hydrogen (secondary N) is 1. The molecule has 1 atom stereocenters. The number of benzene rings is 1. The first-order valence-electron chi connectivity index (χ1n) is 7.86. The van der Waals surface area contributed by atoms with Crippen LogP contribution in [0.25, 0.3) is 0 Å². The third-order valence-electron chi connectivity index (χ3n) is 4.01. The lowest BCUT2D eigenvalue weighted by Crippen LogP contribution is -2.39. The number of halogens is 2. The van der Waals surface area contributed by atoms with Gasteiger partial charge in [0, 0.05) is 18.1 Å². The number of anilines is 2. The van der Waals surface area contributed by atoms with Gasteiger partial charge in [-0.3, -0.25) is 4.79 Å². The Bertz CT molecular complexity index is 736. The van der Waals surface area contributed by atoms with E-state index in [-0.39, 0.29) is 5.91 Å². The van der Waals surface area contributed by atoms with Crippen molar-refractivity contribution in [3.05, 3.63) is 46.3 Å². The van der Waals surface area contributed by atoms with E-state index in [4.69, 9.17) is 23.2 Å². The molecule has 1 N–H and O–H groups in total. The van der Waals surface area contributed by atoms with Gasteiger partial charge in [0.2, 0.25) is 0 Å². The van der Waals surface area contributed by atoms with Gasteiger partial charge in [-0.2, -0.15) is 0 Å². The van der Waals surface area contributed by atoms with Crippen molar-refractivity contribution in [2.75, 3.05) is 18.4 Å². The van der Waals surface area contributed by atoms with Crippen LogP contribution in [-0.4, -0.2) is 33.9 Å². The first-order valence-corrected chi connectivity index (χ1v) is 8.62. The number of hydrogen-bond donors (Lipinski definition) is 1. The molecule has 0 spiro atoms. The maximum Gasteiger partial charge on any atom is 0.274 e. The van der Waals surface area contributed by atoms with Crippen LogP contribution in [-0.2, 0) is 0 Å². The maximum atomic E-state index is 12.5. The number of rotatable bonds is 3. The summed E-state index contributed by atoms with van der Waals surface area (Å²) in [5.41, 5.74) is 0.995. The molecule has 1 amide bonds. The summed E-state index contributed by atoms with van der Waals surface area (Å²) in [6.45, 7) is 3.72. The summed E-state index contributed by atoms with van der Waals surface area (Å²) < 4.78 is 0. The van der Waals surface area contributed by atoms with Crippen LogP contribution in [0.5, 0.6) is 0 Å². The lowest BCUT2D eigenvalue weighted by atomic mass is 10.0. The number of carbonyl (C=O) groups excluding carboxylic acids is 1. The molecule has 1 aliphatic rings. The molecular weight excluding hydrogens is 347 g/mol. The van der Waals surface area contributed by atoms with E-state index in [2.05, 4.69) is 22.2 Å². The molecule has 2 heterocycles. The van der Waals surface area contributed by atoms with Crippen molar-refractivity contribution >= 4 is 40.6 Å². The average molecular weight is 365 g/mol. The minimum Gasteiger partial charge on any atom is -0.338 e. The molecule has 7 heteroatoms. The summed E-state index contributed by atoms with van der Waals surface area (Å²) in [6.07, 6.45) is 5.21. The van der Waals surface area contributed by atoms with E-state index in [0.717, 1.165) is 19.5 Å². The molecule has 0 saturated carbocycles. The molecule has 0 radical (unpaired) electrons. The van der Waals surface area contributed by atoms with Crippen LogP contribution in [0.2, 0.25) is 10.0 Å². The predicted molar refractivity (Wildman–Crippen MR) is 96.1 cm³/mol. The van der Waals surface area contributed by atoms with Gasteiger partial charge >= 0.3 is 0 Å². The summed E-state index contributed by atoms with van der Waals surface area (Å²) in [7, 11) is 0. The SMILES string of the molecule is CC1CCCN(C(=O)c2cnc(Nc3cc(Cl)ccc3Cl)cn2)C1. The Balaban J connectivity index is 1.71. The van der Waals surface area contributed by atoms with Crippen molar-refractivity contribution < 1.29 is 4.79 Å². The highest BCUT2D eigenvalue weighted by molar-refractivity contribution is 6.35. The highest BCUT2D eigenvalue weighted by Crippen LogP contribution is 2.27. The molecule has 2 aromatic rings. The fraction of sp³-hybridized carbons (Fsp3) is 0.353. The third-order valence-corrected chi connectivity index (χ3v) is 4.57. The molecule has 5 nitrogen and oxygen atoms in total. The van der Waals surface area contributed by atoms with Gasteiger partial charge < -0.3 is 10.2 Å². The van der Waals surface area contributed by atoms with E-state index < -0.39 is 0 Å². The van der Waals surface area contributed by atoms with Crippen LogP contribution in [0, 0.1) is 5.92 Å². The Labute approximate surface area is 151 Å². The number of hydrogen-bond acceptors (Lipinski definition) is 4. The molecule has 1 aliphatic heterocycles. The Morgan fingerprint density at radius 2 is 2.12 bits per heavy atom. The molecule has 1 unspecified atom stereocenters. The molecule has 1 fully saturated rings. The monoisotopic (exact) mass is 364 g/mol. The van der Waals surface area contributed by atoms with Crippen molar-refractivity contribution in [1.82, 2.24) is 14.9 Å². The molecule has 126 valence electrons. The molecule has 1 aromatic carbocycles. The first kappa shape index (κ1) is 17.0. The minimum atomic E-state index is -0.0682. The number of aromatic nitrogens is 2. The van der Waals surface area contributed by atoms with Gasteiger partial charge in [-0.15, -0.1) is 0 Å². The van der Waals surface area contributed by atoms with E-state index >= 15 is 0 Å². The average Bonchev–Trinajstić information content (AvgIpc) is 2.58. The van der Waals surface area contributed by atoms with Gasteiger partial charge in [0.1, 0.15) is 11.5 Å². The van der Waals surface area contributed by atoms with Crippen molar-refractivity contribution in [2.45, 2.75) is 19.8 Å². The van der Waals surface area contributed by atoms with E-state index in [1.807, 2.05) is 4.90 Å². The standard InChI is InChI=1S/C17H18Cl2N4O/c1-11-3-2-6-23(10-11)17(24)15-8-21-16(9-20-15)22-14-7-12(18)4-5-13(14)19/h4-5,7-9,11H,2-3,6,10H2,1H3,(H,21,22). The van der Waals surface area contributed by atoms with Crippen LogP contribution >= 0.6 is 23.2 Å². The second-order valence-electron chi connectivity index (χ2n) is 6.03. The minimum absolute atomic E-state index is 0.0682. The Morgan fingerprint density at radius 3 is 2.83 bits per heavy atom. The van der Waals surface area contributed by atoms with Crippen molar-refractivity contribution in [1.29, 1.82) is 0 Å². The lowest BCUT2D eigenvalue weighted by molar-refractivity contribution is 0.0676. The highest BCUT2D eigenvalue weighted by atomic mass is 35.5. The zero-order chi connectivity index (χ0) is 17.1. The predicted octanol–water partition coefficient (Wildman–Crippen LogP) is 4.40. The quantitative estimate of drug-likeness (QED) is 0.876. The van der Waals surface area contributed by atoms with Crippen LogP contribution in [0.15, 0.2) is 30.6 Å². The Morgan fingerprint density at radius 1 is 1.29 bits per heavy atom. The molecule has 1 aromatic heterocycles. The molecule has 1 saturated heterocycles. The normalized spacial score (nSPS) is 17.6. The fourth-order valence-corrected chi connectivity index (χ4v) is 3.11. The van der Waals surface area contributed by atoms with Gasteiger partial charge in [-0.25, -0.2) is 9.97 Å². The smallest absolute Gasteiger partial charge is 0.274 e. The summed E-state index contributed by atoms with van der Waals surface area (Å²) in [5.74, 6) is 0.964. The summed E-state index contributed by atoms with van der Waals surface area (Å²) in [5, 5.41) is 4.15. The number of carbonyl (C=O) groups is 1.